The quantitative estimate of drug-likeness (QED) is 0.646. The van der Waals surface area contributed by atoms with Crippen LogP contribution in [0.3, 0.4) is 0 Å². The zero-order valence-electron chi connectivity index (χ0n) is 16.1. The fourth-order valence-electron chi connectivity index (χ4n) is 3.42. The average molecular weight is 459 g/mol. The standard InChI is InChI=1S/C22H23BrN2O4/c1-29-21(27)12-19(16-8-5-9-18(23)10-16)24-22(28)17-11-20(26)25(14-17)13-15-6-3-2-4-7-15/h2-10,17,19H,11-14H2,1H3,(H,24,28). The van der Waals surface area contributed by atoms with Crippen LogP contribution >= 0.6 is 15.9 Å². The summed E-state index contributed by atoms with van der Waals surface area (Å²) < 4.78 is 5.63. The number of benzene rings is 2. The molecule has 1 fully saturated rings. The molecule has 0 bridgehead atoms. The number of nitrogens with zero attached hydrogens (tertiary/aromatic N) is 1. The smallest absolute Gasteiger partial charge is 0.307 e. The minimum atomic E-state index is -0.522. The molecule has 1 heterocycles. The number of ether oxygens (including phenoxy) is 1. The molecule has 2 aromatic carbocycles. The van der Waals surface area contributed by atoms with E-state index in [1.165, 1.54) is 7.11 Å². The number of amides is 2. The second-order valence-corrected chi connectivity index (χ2v) is 7.97. The molecule has 1 aliphatic rings. The predicted molar refractivity (Wildman–Crippen MR) is 112 cm³/mol. The molecule has 0 saturated carbocycles. The Balaban J connectivity index is 1.67. The van der Waals surface area contributed by atoms with Gasteiger partial charge in [-0.25, -0.2) is 0 Å². The second-order valence-electron chi connectivity index (χ2n) is 7.06. The fraction of sp³-hybridized carbons (Fsp3) is 0.318. The summed E-state index contributed by atoms with van der Waals surface area (Å²) in [5, 5.41) is 2.93. The molecule has 29 heavy (non-hydrogen) atoms. The third-order valence-electron chi connectivity index (χ3n) is 4.97. The van der Waals surface area contributed by atoms with Crippen molar-refractivity contribution in [3.05, 3.63) is 70.2 Å². The highest BCUT2D eigenvalue weighted by Crippen LogP contribution is 2.25. The van der Waals surface area contributed by atoms with E-state index in [4.69, 9.17) is 4.74 Å². The zero-order valence-corrected chi connectivity index (χ0v) is 17.7. The maximum absolute atomic E-state index is 12.9. The summed E-state index contributed by atoms with van der Waals surface area (Å²) in [7, 11) is 1.32. The van der Waals surface area contributed by atoms with Gasteiger partial charge in [0.1, 0.15) is 0 Å². The number of rotatable bonds is 7. The van der Waals surface area contributed by atoms with E-state index < -0.39 is 17.9 Å². The number of hydrogen-bond acceptors (Lipinski definition) is 4. The van der Waals surface area contributed by atoms with Gasteiger partial charge in [-0.15, -0.1) is 0 Å². The largest absolute Gasteiger partial charge is 0.469 e. The van der Waals surface area contributed by atoms with Crippen LogP contribution in [0.1, 0.15) is 30.0 Å². The van der Waals surface area contributed by atoms with Gasteiger partial charge in [-0.1, -0.05) is 58.4 Å². The zero-order chi connectivity index (χ0) is 20.8. The van der Waals surface area contributed by atoms with Crippen LogP contribution < -0.4 is 5.32 Å². The molecular formula is C22H23BrN2O4. The van der Waals surface area contributed by atoms with Gasteiger partial charge in [0.2, 0.25) is 11.8 Å². The lowest BCUT2D eigenvalue weighted by molar-refractivity contribution is -0.141. The summed E-state index contributed by atoms with van der Waals surface area (Å²) in [6.07, 6.45) is 0.190. The number of hydrogen-bond donors (Lipinski definition) is 1. The number of carbonyl (C=O) groups is 3. The molecular weight excluding hydrogens is 436 g/mol. The molecule has 1 aliphatic heterocycles. The highest BCUT2D eigenvalue weighted by molar-refractivity contribution is 9.10. The summed E-state index contributed by atoms with van der Waals surface area (Å²) in [5.41, 5.74) is 1.82. The molecule has 6 nitrogen and oxygen atoms in total. The Morgan fingerprint density at radius 3 is 2.66 bits per heavy atom. The lowest BCUT2D eigenvalue weighted by atomic mass is 10.0. The summed E-state index contributed by atoms with van der Waals surface area (Å²) in [5.74, 6) is -1.13. The molecule has 152 valence electrons. The van der Waals surface area contributed by atoms with E-state index in [1.54, 1.807) is 4.90 Å². The lowest BCUT2D eigenvalue weighted by Gasteiger charge is -2.21. The van der Waals surface area contributed by atoms with Crippen molar-refractivity contribution in [3.8, 4) is 0 Å². The van der Waals surface area contributed by atoms with Gasteiger partial charge >= 0.3 is 5.97 Å². The number of likely N-dealkylation sites (tertiary alicyclic amines) is 1. The number of esters is 1. The first-order valence-corrected chi connectivity index (χ1v) is 10.2. The molecule has 2 atom stereocenters. The normalized spacial score (nSPS) is 17.1. The number of halogens is 1. The number of methoxy groups -OCH3 is 1. The summed E-state index contributed by atoms with van der Waals surface area (Å²) in [6, 6.07) is 16.6. The van der Waals surface area contributed by atoms with Gasteiger partial charge in [-0.2, -0.15) is 0 Å². The first kappa shape index (κ1) is 21.0. The van der Waals surface area contributed by atoms with Crippen molar-refractivity contribution >= 4 is 33.7 Å². The van der Waals surface area contributed by atoms with Crippen molar-refractivity contribution in [2.75, 3.05) is 13.7 Å². The lowest BCUT2D eigenvalue weighted by Crippen LogP contribution is -2.36. The highest BCUT2D eigenvalue weighted by atomic mass is 79.9. The van der Waals surface area contributed by atoms with Crippen molar-refractivity contribution in [2.45, 2.75) is 25.4 Å². The molecule has 2 unspecified atom stereocenters. The molecule has 2 aromatic rings. The molecule has 1 saturated heterocycles. The predicted octanol–water partition coefficient (Wildman–Crippen LogP) is 3.22. The van der Waals surface area contributed by atoms with E-state index in [0.717, 1.165) is 15.6 Å². The van der Waals surface area contributed by atoms with Crippen LogP contribution in [0.4, 0.5) is 0 Å². The topological polar surface area (TPSA) is 75.7 Å². The first-order chi connectivity index (χ1) is 14.0. The maximum atomic E-state index is 12.9. The van der Waals surface area contributed by atoms with Crippen molar-refractivity contribution in [1.82, 2.24) is 10.2 Å². The third-order valence-corrected chi connectivity index (χ3v) is 5.46. The van der Waals surface area contributed by atoms with E-state index in [1.807, 2.05) is 54.6 Å². The Hall–Kier alpha value is -2.67. The van der Waals surface area contributed by atoms with Gasteiger partial charge in [0, 0.05) is 24.0 Å². The Bertz CT molecular complexity index is 887. The van der Waals surface area contributed by atoms with E-state index in [2.05, 4.69) is 21.2 Å². The Labute approximate surface area is 178 Å². The van der Waals surface area contributed by atoms with Crippen molar-refractivity contribution < 1.29 is 19.1 Å². The minimum Gasteiger partial charge on any atom is -0.469 e. The summed E-state index contributed by atoms with van der Waals surface area (Å²) in [6.45, 7) is 0.851. The van der Waals surface area contributed by atoms with Crippen molar-refractivity contribution in [2.24, 2.45) is 5.92 Å². The molecule has 0 aliphatic carbocycles. The van der Waals surface area contributed by atoms with E-state index in [9.17, 15) is 14.4 Å². The first-order valence-electron chi connectivity index (χ1n) is 9.40. The van der Waals surface area contributed by atoms with Crippen molar-refractivity contribution in [1.29, 1.82) is 0 Å². The molecule has 2 amide bonds. The van der Waals surface area contributed by atoms with Gasteiger partial charge < -0.3 is 15.0 Å². The van der Waals surface area contributed by atoms with Crippen LogP contribution in [0, 0.1) is 5.92 Å². The highest BCUT2D eigenvalue weighted by Gasteiger charge is 2.35. The van der Waals surface area contributed by atoms with Gasteiger partial charge in [0.25, 0.3) is 0 Å². The Kier molecular flexibility index (Phi) is 7.04. The number of carbonyl (C=O) groups excluding carboxylic acids is 3. The third kappa shape index (κ3) is 5.67. The molecule has 0 aromatic heterocycles. The van der Waals surface area contributed by atoms with Crippen LogP contribution in [0.15, 0.2) is 59.1 Å². The van der Waals surface area contributed by atoms with Crippen LogP contribution in [-0.2, 0) is 25.7 Å². The maximum Gasteiger partial charge on any atom is 0.307 e. The van der Waals surface area contributed by atoms with Crippen molar-refractivity contribution in [3.63, 3.8) is 0 Å². The van der Waals surface area contributed by atoms with Crippen LogP contribution in [0.2, 0.25) is 0 Å². The minimum absolute atomic E-state index is 0.0209. The molecule has 7 heteroatoms. The summed E-state index contributed by atoms with van der Waals surface area (Å²) >= 11 is 3.41. The fourth-order valence-corrected chi connectivity index (χ4v) is 3.84. The Morgan fingerprint density at radius 2 is 1.97 bits per heavy atom. The molecule has 1 N–H and O–H groups in total. The SMILES string of the molecule is COC(=O)CC(NC(=O)C1CC(=O)N(Cc2ccccc2)C1)c1cccc(Br)c1. The molecule has 3 rings (SSSR count). The van der Waals surface area contributed by atoms with E-state index in [0.29, 0.717) is 13.1 Å². The number of nitrogens with one attached hydrogen (secondary N) is 1. The van der Waals surface area contributed by atoms with Gasteiger partial charge in [-0.05, 0) is 23.3 Å². The van der Waals surface area contributed by atoms with Crippen LogP contribution in [-0.4, -0.2) is 36.3 Å². The van der Waals surface area contributed by atoms with Crippen LogP contribution in [0.5, 0.6) is 0 Å². The van der Waals surface area contributed by atoms with Gasteiger partial charge in [0.05, 0.1) is 25.5 Å². The second kappa shape index (κ2) is 9.69. The Morgan fingerprint density at radius 1 is 1.21 bits per heavy atom. The monoisotopic (exact) mass is 458 g/mol. The van der Waals surface area contributed by atoms with Gasteiger partial charge in [0.15, 0.2) is 0 Å². The summed E-state index contributed by atoms with van der Waals surface area (Å²) in [4.78, 5) is 38.8. The molecule has 0 spiro atoms. The van der Waals surface area contributed by atoms with Gasteiger partial charge in [-0.3, -0.25) is 14.4 Å². The average Bonchev–Trinajstić information content (AvgIpc) is 3.08. The van der Waals surface area contributed by atoms with E-state index in [-0.39, 0.29) is 24.7 Å². The molecule has 0 radical (unpaired) electrons. The van der Waals surface area contributed by atoms with Crippen LogP contribution in [0.25, 0.3) is 0 Å². The van der Waals surface area contributed by atoms with E-state index >= 15 is 0 Å².